The molecule has 9 heteroatoms. The van der Waals surface area contributed by atoms with Crippen LogP contribution in [0, 0.1) is 11.2 Å². The standard InChI is InChI=1S/C24H31F2N5O2/c1-3-33-22(32)31-15-23(16-31)5-4-19(11-23)30-8-6-24(26,7-9-30)21-20(10-18(25)13-27-21)17-12-28-29(2)14-17/h10,12-14,19H,3-9,11,15-16H2,1-2H3. The number of aryl methyl sites for hydroxylation is 1. The molecule has 1 aliphatic carbocycles. The lowest BCUT2D eigenvalue weighted by atomic mass is 9.78. The molecule has 1 unspecified atom stereocenters. The molecule has 2 aliphatic heterocycles. The Morgan fingerprint density at radius 2 is 2.00 bits per heavy atom. The average Bonchev–Trinajstić information content (AvgIpc) is 3.40. The van der Waals surface area contributed by atoms with Crippen molar-refractivity contribution in [1.82, 2.24) is 24.6 Å². The van der Waals surface area contributed by atoms with Gasteiger partial charge in [-0.05, 0) is 45.1 Å². The fraction of sp³-hybridized carbons (Fsp3) is 0.625. The lowest BCUT2D eigenvalue weighted by Crippen LogP contribution is -2.58. The number of piperidine rings is 1. The van der Waals surface area contributed by atoms with Gasteiger partial charge in [0.2, 0.25) is 0 Å². The van der Waals surface area contributed by atoms with Crippen molar-refractivity contribution >= 4 is 6.09 Å². The molecule has 2 aromatic rings. The van der Waals surface area contributed by atoms with Crippen LogP contribution in [0.3, 0.4) is 0 Å². The van der Waals surface area contributed by atoms with E-state index in [0.717, 1.165) is 38.5 Å². The highest BCUT2D eigenvalue weighted by Gasteiger charge is 2.52. The summed E-state index contributed by atoms with van der Waals surface area (Å²) < 4.78 is 36.9. The average molecular weight is 460 g/mol. The molecule has 5 rings (SSSR count). The van der Waals surface area contributed by atoms with Crippen LogP contribution < -0.4 is 0 Å². The molecule has 1 saturated carbocycles. The van der Waals surface area contributed by atoms with Crippen molar-refractivity contribution in [3.63, 3.8) is 0 Å². The number of hydrogen-bond donors (Lipinski definition) is 0. The Morgan fingerprint density at radius 3 is 2.67 bits per heavy atom. The van der Waals surface area contributed by atoms with Crippen molar-refractivity contribution < 1.29 is 18.3 Å². The fourth-order valence-electron chi connectivity index (χ4n) is 5.94. The summed E-state index contributed by atoms with van der Waals surface area (Å²) in [6, 6.07) is 1.78. The highest BCUT2D eigenvalue weighted by Crippen LogP contribution is 2.49. The summed E-state index contributed by atoms with van der Waals surface area (Å²) in [6.07, 6.45) is 8.13. The van der Waals surface area contributed by atoms with Gasteiger partial charge in [0.25, 0.3) is 0 Å². The van der Waals surface area contributed by atoms with Crippen LogP contribution in [0.2, 0.25) is 0 Å². The number of alkyl halides is 1. The van der Waals surface area contributed by atoms with Gasteiger partial charge in [-0.1, -0.05) is 0 Å². The van der Waals surface area contributed by atoms with Gasteiger partial charge in [0.05, 0.1) is 24.7 Å². The van der Waals surface area contributed by atoms with E-state index in [1.54, 1.807) is 29.0 Å². The second kappa shape index (κ2) is 8.34. The summed E-state index contributed by atoms with van der Waals surface area (Å²) in [5, 5.41) is 4.15. The number of hydrogen-bond acceptors (Lipinski definition) is 5. The molecule has 2 aromatic heterocycles. The molecule has 2 saturated heterocycles. The maximum atomic E-state index is 16.2. The minimum atomic E-state index is -1.59. The summed E-state index contributed by atoms with van der Waals surface area (Å²) in [5.41, 5.74) is 0.0556. The first-order valence-electron chi connectivity index (χ1n) is 11.8. The van der Waals surface area contributed by atoms with Crippen LogP contribution in [-0.4, -0.2) is 69.5 Å². The van der Waals surface area contributed by atoms with E-state index < -0.39 is 11.5 Å². The number of amides is 1. The zero-order chi connectivity index (χ0) is 23.2. The number of nitrogens with zero attached hydrogens (tertiary/aromatic N) is 5. The van der Waals surface area contributed by atoms with Crippen molar-refractivity contribution in [2.45, 2.75) is 50.7 Å². The van der Waals surface area contributed by atoms with E-state index in [9.17, 15) is 9.18 Å². The third-order valence-corrected chi connectivity index (χ3v) is 7.66. The predicted octanol–water partition coefficient (Wildman–Crippen LogP) is 3.89. The number of ether oxygens (including phenoxy) is 1. The zero-order valence-electron chi connectivity index (χ0n) is 19.3. The number of likely N-dealkylation sites (tertiary alicyclic amines) is 2. The van der Waals surface area contributed by atoms with Gasteiger partial charge in [-0.3, -0.25) is 9.67 Å². The van der Waals surface area contributed by atoms with Gasteiger partial charge in [-0.2, -0.15) is 5.10 Å². The highest BCUT2D eigenvalue weighted by atomic mass is 19.1. The van der Waals surface area contributed by atoms with Gasteiger partial charge < -0.3 is 14.5 Å². The Balaban J connectivity index is 1.24. The van der Waals surface area contributed by atoms with Crippen LogP contribution in [0.15, 0.2) is 24.7 Å². The largest absolute Gasteiger partial charge is 0.450 e. The Bertz CT molecular complexity index is 1030. The number of aromatic nitrogens is 3. The Hall–Kier alpha value is -2.55. The van der Waals surface area contributed by atoms with Crippen molar-refractivity contribution in [2.24, 2.45) is 12.5 Å². The number of carbonyl (C=O) groups is 1. The summed E-state index contributed by atoms with van der Waals surface area (Å²) in [4.78, 5) is 20.3. The van der Waals surface area contributed by atoms with Crippen molar-refractivity contribution in [3.05, 3.63) is 36.2 Å². The normalized spacial score (nSPS) is 24.1. The molecule has 0 aromatic carbocycles. The van der Waals surface area contributed by atoms with Gasteiger partial charge in [-0.25, -0.2) is 13.6 Å². The topological polar surface area (TPSA) is 63.5 Å². The summed E-state index contributed by atoms with van der Waals surface area (Å²) in [5.74, 6) is -0.479. The lowest BCUT2D eigenvalue weighted by Gasteiger charge is -2.48. The highest BCUT2D eigenvalue weighted by molar-refractivity contribution is 5.69. The maximum Gasteiger partial charge on any atom is 0.409 e. The second-order valence-electron chi connectivity index (χ2n) is 9.91. The maximum absolute atomic E-state index is 16.2. The molecular formula is C24H31F2N5O2. The smallest absolute Gasteiger partial charge is 0.409 e. The van der Waals surface area contributed by atoms with Gasteiger partial charge >= 0.3 is 6.09 Å². The van der Waals surface area contributed by atoms with Gasteiger partial charge in [0.15, 0.2) is 5.67 Å². The zero-order valence-corrected chi connectivity index (χ0v) is 19.3. The predicted molar refractivity (Wildman–Crippen MR) is 119 cm³/mol. The Morgan fingerprint density at radius 1 is 1.24 bits per heavy atom. The molecule has 0 radical (unpaired) electrons. The third-order valence-electron chi connectivity index (χ3n) is 7.66. The van der Waals surface area contributed by atoms with E-state index in [-0.39, 0.29) is 11.5 Å². The summed E-state index contributed by atoms with van der Waals surface area (Å²) >= 11 is 0. The molecule has 1 spiro atoms. The van der Waals surface area contributed by atoms with E-state index in [1.807, 2.05) is 6.92 Å². The van der Waals surface area contributed by atoms with Gasteiger partial charge in [0, 0.05) is 62.0 Å². The first-order valence-corrected chi connectivity index (χ1v) is 11.8. The van der Waals surface area contributed by atoms with Crippen LogP contribution in [-0.2, 0) is 17.5 Å². The molecular weight excluding hydrogens is 428 g/mol. The van der Waals surface area contributed by atoms with E-state index in [1.165, 1.54) is 6.07 Å². The molecule has 3 fully saturated rings. The van der Waals surface area contributed by atoms with E-state index >= 15 is 4.39 Å². The van der Waals surface area contributed by atoms with Crippen molar-refractivity contribution in [1.29, 1.82) is 0 Å². The number of pyridine rings is 1. The SMILES string of the molecule is CCOC(=O)N1CC2(CCC(N3CCC(F)(c4ncc(F)cc4-c4cnn(C)c4)CC3)C2)C1. The minimum absolute atomic E-state index is 0.188. The van der Waals surface area contributed by atoms with E-state index in [2.05, 4.69) is 15.0 Å². The quantitative estimate of drug-likeness (QED) is 0.694. The lowest BCUT2D eigenvalue weighted by molar-refractivity contribution is -0.00896. The molecule has 33 heavy (non-hydrogen) atoms. The first-order chi connectivity index (χ1) is 15.8. The van der Waals surface area contributed by atoms with Crippen LogP contribution in [0.5, 0.6) is 0 Å². The van der Waals surface area contributed by atoms with Crippen molar-refractivity contribution in [3.8, 4) is 11.1 Å². The third kappa shape index (κ3) is 4.11. The monoisotopic (exact) mass is 459 g/mol. The molecule has 4 heterocycles. The fourth-order valence-corrected chi connectivity index (χ4v) is 5.94. The number of halogens is 2. The Kier molecular flexibility index (Phi) is 5.63. The second-order valence-corrected chi connectivity index (χ2v) is 9.91. The van der Waals surface area contributed by atoms with Crippen molar-refractivity contribution in [2.75, 3.05) is 32.8 Å². The molecule has 178 valence electrons. The van der Waals surface area contributed by atoms with Crippen LogP contribution in [0.1, 0.15) is 44.7 Å². The molecule has 1 atom stereocenters. The molecule has 3 aliphatic rings. The summed E-state index contributed by atoms with van der Waals surface area (Å²) in [7, 11) is 1.78. The number of carbonyl (C=O) groups excluding carboxylic acids is 1. The van der Waals surface area contributed by atoms with Crippen LogP contribution in [0.4, 0.5) is 13.6 Å². The van der Waals surface area contributed by atoms with Gasteiger partial charge in [0.1, 0.15) is 5.82 Å². The molecule has 7 nitrogen and oxygen atoms in total. The first kappa shape index (κ1) is 22.3. The van der Waals surface area contributed by atoms with Gasteiger partial charge in [-0.15, -0.1) is 0 Å². The molecule has 1 amide bonds. The number of rotatable bonds is 4. The molecule has 0 N–H and O–H groups in total. The van der Waals surface area contributed by atoms with Crippen LogP contribution in [0.25, 0.3) is 11.1 Å². The summed E-state index contributed by atoms with van der Waals surface area (Å²) in [6.45, 7) is 5.03. The Labute approximate surface area is 192 Å². The molecule has 0 bridgehead atoms. The van der Waals surface area contributed by atoms with Crippen LogP contribution >= 0.6 is 0 Å². The minimum Gasteiger partial charge on any atom is -0.450 e. The van der Waals surface area contributed by atoms with E-state index in [4.69, 9.17) is 4.74 Å². The van der Waals surface area contributed by atoms with E-state index in [0.29, 0.717) is 55.4 Å².